The van der Waals surface area contributed by atoms with Gasteiger partial charge in [0.25, 0.3) is 0 Å². The van der Waals surface area contributed by atoms with Crippen LogP contribution in [0, 0.1) is 11.8 Å². The highest BCUT2D eigenvalue weighted by Crippen LogP contribution is 2.33. The van der Waals surface area contributed by atoms with Crippen molar-refractivity contribution in [1.29, 1.82) is 0 Å². The first-order valence-corrected chi connectivity index (χ1v) is 9.69. The van der Waals surface area contributed by atoms with E-state index in [2.05, 4.69) is 19.1 Å². The van der Waals surface area contributed by atoms with Gasteiger partial charge in [-0.05, 0) is 32.1 Å². The first-order chi connectivity index (χ1) is 13.0. The van der Waals surface area contributed by atoms with Crippen LogP contribution in [-0.4, -0.2) is 39.3 Å². The molecule has 5 nitrogen and oxygen atoms in total. The van der Waals surface area contributed by atoms with E-state index in [1.807, 2.05) is 12.2 Å². The zero-order valence-electron chi connectivity index (χ0n) is 16.0. The maximum absolute atomic E-state index is 12.1. The average Bonchev–Trinajstić information content (AvgIpc) is 2.88. The second-order valence-corrected chi connectivity index (χ2v) is 6.84. The fourth-order valence-corrected chi connectivity index (χ4v) is 3.10. The SMILES string of the molecule is CC/C=C\C/C=C\C[C@@H]1[C@H](/C=C/[C@@H](O)C/C=C\CCC(=O)O)C(=O)C[C@@H]1O. The van der Waals surface area contributed by atoms with Gasteiger partial charge in [0.2, 0.25) is 0 Å². The summed E-state index contributed by atoms with van der Waals surface area (Å²) in [6, 6.07) is 0. The maximum atomic E-state index is 12.1. The molecule has 0 heterocycles. The Morgan fingerprint density at radius 3 is 2.63 bits per heavy atom. The molecule has 150 valence electrons. The Labute approximate surface area is 161 Å². The molecule has 1 fully saturated rings. The van der Waals surface area contributed by atoms with Crippen LogP contribution in [0.1, 0.15) is 51.9 Å². The van der Waals surface area contributed by atoms with Gasteiger partial charge in [0.15, 0.2) is 0 Å². The summed E-state index contributed by atoms with van der Waals surface area (Å²) in [5.74, 6) is -1.37. The number of Topliss-reactive ketones (excluding diaryl/α,β-unsaturated/α-hetero) is 1. The summed E-state index contributed by atoms with van der Waals surface area (Å²) in [5, 5.41) is 28.7. The molecule has 5 heteroatoms. The summed E-state index contributed by atoms with van der Waals surface area (Å²) >= 11 is 0. The molecule has 0 spiro atoms. The number of carboxylic acids is 1. The third-order valence-electron chi connectivity index (χ3n) is 4.60. The van der Waals surface area contributed by atoms with Crippen molar-refractivity contribution in [2.24, 2.45) is 11.8 Å². The standard InChI is InChI=1S/C22H32O5/c1-2-3-4-5-6-9-12-18-19(21(25)16-20(18)24)15-14-17(23)11-8-7-10-13-22(26)27/h3-4,6-9,14-15,17-20,23-24H,2,5,10-13,16H2,1H3,(H,26,27)/b4-3-,8-7-,9-6-,15-14+/t17-,18+,19-,20-/m0/s1. The van der Waals surface area contributed by atoms with Crippen LogP contribution in [0.15, 0.2) is 48.6 Å². The summed E-state index contributed by atoms with van der Waals surface area (Å²) in [6.07, 6.45) is 17.2. The van der Waals surface area contributed by atoms with Crippen LogP contribution in [0.4, 0.5) is 0 Å². The van der Waals surface area contributed by atoms with Crippen LogP contribution in [0.5, 0.6) is 0 Å². The van der Waals surface area contributed by atoms with E-state index >= 15 is 0 Å². The number of ketones is 1. The van der Waals surface area contributed by atoms with Gasteiger partial charge in [-0.25, -0.2) is 0 Å². The van der Waals surface area contributed by atoms with Gasteiger partial charge in [-0.1, -0.05) is 55.5 Å². The molecule has 0 aromatic heterocycles. The molecular formula is C22H32O5. The number of aliphatic carboxylic acids is 1. The van der Waals surface area contributed by atoms with E-state index in [0.717, 1.165) is 12.8 Å². The van der Waals surface area contributed by atoms with Crippen molar-refractivity contribution in [3.63, 3.8) is 0 Å². The third-order valence-corrected chi connectivity index (χ3v) is 4.60. The topological polar surface area (TPSA) is 94.8 Å². The van der Waals surface area contributed by atoms with E-state index in [1.165, 1.54) is 0 Å². The second kappa shape index (κ2) is 13.2. The normalized spacial score (nSPS) is 24.9. The lowest BCUT2D eigenvalue weighted by molar-refractivity contribution is -0.136. The molecule has 1 aliphatic carbocycles. The molecule has 0 unspecified atom stereocenters. The van der Waals surface area contributed by atoms with Gasteiger partial charge in [0.05, 0.1) is 12.2 Å². The summed E-state index contributed by atoms with van der Waals surface area (Å²) in [5.41, 5.74) is 0. The summed E-state index contributed by atoms with van der Waals surface area (Å²) < 4.78 is 0. The molecule has 0 amide bonds. The largest absolute Gasteiger partial charge is 0.481 e. The van der Waals surface area contributed by atoms with E-state index in [4.69, 9.17) is 5.11 Å². The number of carboxylic acid groups (broad SMARTS) is 1. The molecule has 1 rings (SSSR count). The lowest BCUT2D eigenvalue weighted by Gasteiger charge is -2.16. The Balaban J connectivity index is 2.50. The highest BCUT2D eigenvalue weighted by Gasteiger charge is 2.39. The van der Waals surface area contributed by atoms with Gasteiger partial charge in [-0.3, -0.25) is 9.59 Å². The van der Waals surface area contributed by atoms with Crippen LogP contribution >= 0.6 is 0 Å². The van der Waals surface area contributed by atoms with Crippen LogP contribution in [0.2, 0.25) is 0 Å². The Hall–Kier alpha value is -1.98. The van der Waals surface area contributed by atoms with E-state index in [1.54, 1.807) is 24.3 Å². The molecule has 0 bridgehead atoms. The number of carbonyl (C=O) groups excluding carboxylic acids is 1. The van der Waals surface area contributed by atoms with Gasteiger partial charge in [-0.15, -0.1) is 0 Å². The van der Waals surface area contributed by atoms with E-state index < -0.39 is 18.2 Å². The Kier molecular flexibility index (Phi) is 11.3. The number of aliphatic hydroxyl groups is 2. The molecule has 27 heavy (non-hydrogen) atoms. The summed E-state index contributed by atoms with van der Waals surface area (Å²) in [6.45, 7) is 2.08. The van der Waals surface area contributed by atoms with Crippen molar-refractivity contribution in [1.82, 2.24) is 0 Å². The Morgan fingerprint density at radius 1 is 1.19 bits per heavy atom. The predicted molar refractivity (Wildman–Crippen MR) is 106 cm³/mol. The van der Waals surface area contributed by atoms with Crippen molar-refractivity contribution < 1.29 is 24.9 Å². The van der Waals surface area contributed by atoms with Crippen molar-refractivity contribution in [3.8, 4) is 0 Å². The zero-order valence-corrected chi connectivity index (χ0v) is 16.0. The molecule has 0 aliphatic heterocycles. The molecule has 4 atom stereocenters. The number of rotatable bonds is 12. The van der Waals surface area contributed by atoms with Crippen molar-refractivity contribution >= 4 is 11.8 Å². The van der Waals surface area contributed by atoms with Gasteiger partial charge in [0, 0.05) is 24.7 Å². The van der Waals surface area contributed by atoms with Crippen molar-refractivity contribution in [3.05, 3.63) is 48.6 Å². The molecule has 1 aliphatic rings. The molecule has 0 aromatic carbocycles. The minimum Gasteiger partial charge on any atom is -0.481 e. The highest BCUT2D eigenvalue weighted by atomic mass is 16.4. The fourth-order valence-electron chi connectivity index (χ4n) is 3.10. The van der Waals surface area contributed by atoms with Gasteiger partial charge in [-0.2, -0.15) is 0 Å². The molecule has 0 saturated heterocycles. The van der Waals surface area contributed by atoms with Crippen molar-refractivity contribution in [2.45, 2.75) is 64.1 Å². The van der Waals surface area contributed by atoms with Gasteiger partial charge in [0.1, 0.15) is 5.78 Å². The molecule has 0 radical (unpaired) electrons. The molecule has 1 saturated carbocycles. The number of hydrogen-bond donors (Lipinski definition) is 3. The number of allylic oxidation sites excluding steroid dienone is 6. The summed E-state index contributed by atoms with van der Waals surface area (Å²) in [4.78, 5) is 22.6. The fraction of sp³-hybridized carbons (Fsp3) is 0.545. The van der Waals surface area contributed by atoms with Gasteiger partial charge < -0.3 is 15.3 Å². The minimum atomic E-state index is -0.847. The highest BCUT2D eigenvalue weighted by molar-refractivity contribution is 5.86. The lowest BCUT2D eigenvalue weighted by atomic mass is 9.90. The first kappa shape index (κ1) is 23.1. The van der Waals surface area contributed by atoms with Gasteiger partial charge >= 0.3 is 5.97 Å². The monoisotopic (exact) mass is 376 g/mol. The number of aliphatic hydroxyl groups excluding tert-OH is 2. The van der Waals surface area contributed by atoms with Crippen LogP contribution in [0.3, 0.4) is 0 Å². The van der Waals surface area contributed by atoms with E-state index in [9.17, 15) is 19.8 Å². The number of carbonyl (C=O) groups is 2. The average molecular weight is 376 g/mol. The minimum absolute atomic E-state index is 0.00669. The quantitative estimate of drug-likeness (QED) is 0.453. The Bertz CT molecular complexity index is 573. The lowest BCUT2D eigenvalue weighted by Crippen LogP contribution is -2.19. The molecule has 0 aromatic rings. The maximum Gasteiger partial charge on any atom is 0.303 e. The predicted octanol–water partition coefficient (Wildman–Crippen LogP) is 3.58. The first-order valence-electron chi connectivity index (χ1n) is 9.69. The Morgan fingerprint density at radius 2 is 1.93 bits per heavy atom. The van der Waals surface area contributed by atoms with E-state index in [-0.39, 0.29) is 30.5 Å². The summed E-state index contributed by atoms with van der Waals surface area (Å²) in [7, 11) is 0. The van der Waals surface area contributed by atoms with E-state index in [0.29, 0.717) is 19.3 Å². The number of hydrogen-bond acceptors (Lipinski definition) is 4. The smallest absolute Gasteiger partial charge is 0.303 e. The van der Waals surface area contributed by atoms with Crippen LogP contribution in [0.25, 0.3) is 0 Å². The third kappa shape index (κ3) is 9.50. The van der Waals surface area contributed by atoms with Crippen LogP contribution in [-0.2, 0) is 9.59 Å². The second-order valence-electron chi connectivity index (χ2n) is 6.84. The van der Waals surface area contributed by atoms with Crippen LogP contribution < -0.4 is 0 Å². The molecular weight excluding hydrogens is 344 g/mol. The van der Waals surface area contributed by atoms with Crippen molar-refractivity contribution in [2.75, 3.05) is 0 Å². The molecule has 3 N–H and O–H groups in total. The zero-order chi connectivity index (χ0) is 20.1.